The highest BCUT2D eigenvalue weighted by atomic mass is 16.7. The van der Waals surface area contributed by atoms with Crippen LogP contribution in [0, 0.1) is 17.3 Å². The van der Waals surface area contributed by atoms with Gasteiger partial charge in [-0.15, -0.1) is 0 Å². The molecule has 2 saturated carbocycles. The molecule has 2 bridgehead atoms. The first-order chi connectivity index (χ1) is 10.1. The van der Waals surface area contributed by atoms with Crippen molar-refractivity contribution in [1.82, 2.24) is 0 Å². The van der Waals surface area contributed by atoms with Gasteiger partial charge in [0.25, 0.3) is 0 Å². The van der Waals surface area contributed by atoms with Crippen molar-refractivity contribution >= 4 is 11.9 Å². The molecule has 5 rings (SSSR count). The van der Waals surface area contributed by atoms with Crippen LogP contribution in [0.15, 0.2) is 0 Å². The number of ether oxygens (including phenoxy) is 3. The molecule has 5 fully saturated rings. The number of hydrogen-bond donors (Lipinski definition) is 2. The monoisotopic (exact) mass is 310 g/mol. The first kappa shape index (κ1) is 13.3. The molecule has 1 spiro atoms. The highest BCUT2D eigenvalue weighted by Crippen LogP contribution is 2.77. The van der Waals surface area contributed by atoms with E-state index in [4.69, 9.17) is 14.2 Å². The van der Waals surface area contributed by atoms with Gasteiger partial charge in [-0.05, 0) is 20.8 Å². The topological polar surface area (TPSA) is 106 Å². The molecule has 120 valence electrons. The van der Waals surface area contributed by atoms with Gasteiger partial charge in [0.2, 0.25) is 5.60 Å². The van der Waals surface area contributed by atoms with Crippen LogP contribution in [0.1, 0.15) is 27.2 Å². The average molecular weight is 310 g/mol. The Labute approximate surface area is 126 Å². The van der Waals surface area contributed by atoms with Gasteiger partial charge in [0.1, 0.15) is 12.2 Å². The minimum atomic E-state index is -1.47. The molecule has 7 nitrogen and oxygen atoms in total. The highest BCUT2D eigenvalue weighted by Gasteiger charge is 2.95. The summed E-state index contributed by atoms with van der Waals surface area (Å²) >= 11 is 0. The van der Waals surface area contributed by atoms with Crippen molar-refractivity contribution in [2.24, 2.45) is 17.3 Å². The van der Waals surface area contributed by atoms with Crippen LogP contribution in [0.2, 0.25) is 0 Å². The van der Waals surface area contributed by atoms with Gasteiger partial charge < -0.3 is 24.4 Å². The summed E-state index contributed by atoms with van der Waals surface area (Å²) in [6.07, 6.45) is -1.78. The van der Waals surface area contributed by atoms with E-state index in [9.17, 15) is 19.8 Å². The van der Waals surface area contributed by atoms with Gasteiger partial charge in [0.05, 0.1) is 22.5 Å². The van der Waals surface area contributed by atoms with Gasteiger partial charge in [-0.25, -0.2) is 4.79 Å². The lowest BCUT2D eigenvalue weighted by atomic mass is 9.52. The molecule has 2 N–H and O–H groups in total. The van der Waals surface area contributed by atoms with Crippen LogP contribution in [0.3, 0.4) is 0 Å². The molecular formula is C15H18O7. The smallest absolute Gasteiger partial charge is 0.342 e. The molecule has 3 saturated heterocycles. The summed E-state index contributed by atoms with van der Waals surface area (Å²) in [5.74, 6) is -2.51. The number of aliphatic hydroxyl groups is 2. The number of fused-ring (bicyclic) bond motifs is 4. The maximum Gasteiger partial charge on any atom is 0.342 e. The van der Waals surface area contributed by atoms with Crippen LogP contribution < -0.4 is 0 Å². The number of epoxide rings is 1. The second kappa shape index (κ2) is 3.07. The zero-order valence-electron chi connectivity index (χ0n) is 12.5. The second-order valence-corrected chi connectivity index (χ2v) is 8.06. The standard InChI is InChI=1S/C15H18O7/c1-12(2,18)6-7-10(16)20-8(6)9-13(3)14(7,19)4-5-15(13,22-5)11(17)21-9/h5-9,18-19H,4H2,1-3H3/t5-,6?,7+,8-,9-,13?,14?,15?/m1/s1. The molecular weight excluding hydrogens is 292 g/mol. The molecule has 3 heterocycles. The van der Waals surface area contributed by atoms with Crippen molar-refractivity contribution < 1.29 is 34.0 Å². The van der Waals surface area contributed by atoms with E-state index < -0.39 is 64.3 Å². The Kier molecular flexibility index (Phi) is 1.85. The SMILES string of the molecule is CC(C)(O)C1[C@H]2OC(=O)[C@H]1C1(O)C[C@H]3OC34C(=O)O[C@H]2C14C. The molecule has 22 heavy (non-hydrogen) atoms. The normalized spacial score (nSPS) is 60.7. The fourth-order valence-corrected chi connectivity index (χ4v) is 5.83. The van der Waals surface area contributed by atoms with Gasteiger partial charge in [-0.1, -0.05) is 0 Å². The number of carbonyl (C=O) groups is 2. The lowest BCUT2D eigenvalue weighted by Crippen LogP contribution is -2.68. The van der Waals surface area contributed by atoms with Gasteiger partial charge in [0, 0.05) is 12.3 Å². The van der Waals surface area contributed by atoms with E-state index in [0.29, 0.717) is 0 Å². The summed E-state index contributed by atoms with van der Waals surface area (Å²) in [4.78, 5) is 24.8. The molecule has 0 aromatic rings. The van der Waals surface area contributed by atoms with Crippen LogP contribution in [-0.4, -0.2) is 57.3 Å². The molecule has 5 aliphatic rings. The van der Waals surface area contributed by atoms with E-state index in [2.05, 4.69) is 0 Å². The van der Waals surface area contributed by atoms with Crippen molar-refractivity contribution in [1.29, 1.82) is 0 Å². The van der Waals surface area contributed by atoms with Gasteiger partial charge >= 0.3 is 11.9 Å². The molecule has 7 heteroatoms. The number of hydrogen-bond acceptors (Lipinski definition) is 7. The molecule has 0 aromatic carbocycles. The minimum absolute atomic E-state index is 0.189. The minimum Gasteiger partial charge on any atom is -0.458 e. The van der Waals surface area contributed by atoms with E-state index in [1.165, 1.54) is 0 Å². The van der Waals surface area contributed by atoms with E-state index >= 15 is 0 Å². The fourth-order valence-electron chi connectivity index (χ4n) is 5.83. The van der Waals surface area contributed by atoms with E-state index in [1.54, 1.807) is 20.8 Å². The summed E-state index contributed by atoms with van der Waals surface area (Å²) in [5, 5.41) is 21.9. The van der Waals surface area contributed by atoms with Crippen molar-refractivity contribution in [2.75, 3.05) is 0 Å². The molecule has 0 aromatic heterocycles. The Bertz CT molecular complexity index is 638. The maximum atomic E-state index is 12.4. The molecule has 3 aliphatic heterocycles. The first-order valence-corrected chi connectivity index (χ1v) is 7.63. The summed E-state index contributed by atoms with van der Waals surface area (Å²) in [5.41, 5.74) is -4.89. The Balaban J connectivity index is 1.76. The summed E-state index contributed by atoms with van der Waals surface area (Å²) < 4.78 is 16.5. The zero-order valence-corrected chi connectivity index (χ0v) is 12.5. The predicted octanol–water partition coefficient (Wildman–Crippen LogP) is -0.867. The largest absolute Gasteiger partial charge is 0.458 e. The summed E-state index contributed by atoms with van der Waals surface area (Å²) in [6, 6.07) is 0. The lowest BCUT2D eigenvalue weighted by molar-refractivity contribution is -0.223. The molecule has 0 amide bonds. The van der Waals surface area contributed by atoms with Crippen molar-refractivity contribution in [3.63, 3.8) is 0 Å². The Morgan fingerprint density at radius 1 is 1.27 bits per heavy atom. The average Bonchev–Trinajstić information content (AvgIpc) is 2.85. The second-order valence-electron chi connectivity index (χ2n) is 8.06. The van der Waals surface area contributed by atoms with Crippen molar-refractivity contribution in [3.05, 3.63) is 0 Å². The molecule has 8 atom stereocenters. The number of carbonyl (C=O) groups excluding carboxylic acids is 2. The third-order valence-corrected chi connectivity index (χ3v) is 6.85. The fraction of sp³-hybridized carbons (Fsp3) is 0.867. The predicted molar refractivity (Wildman–Crippen MR) is 68.3 cm³/mol. The van der Waals surface area contributed by atoms with Crippen LogP contribution in [0.25, 0.3) is 0 Å². The van der Waals surface area contributed by atoms with Crippen LogP contribution >= 0.6 is 0 Å². The molecule has 2 aliphatic carbocycles. The van der Waals surface area contributed by atoms with Gasteiger partial charge in [-0.2, -0.15) is 0 Å². The Morgan fingerprint density at radius 3 is 2.59 bits per heavy atom. The van der Waals surface area contributed by atoms with Crippen LogP contribution in [0.5, 0.6) is 0 Å². The summed E-state index contributed by atoms with van der Waals surface area (Å²) in [6.45, 7) is 4.92. The zero-order chi connectivity index (χ0) is 15.9. The maximum absolute atomic E-state index is 12.4. The van der Waals surface area contributed by atoms with Crippen LogP contribution in [-0.2, 0) is 23.8 Å². The third-order valence-electron chi connectivity index (χ3n) is 6.85. The molecule has 4 unspecified atom stereocenters. The molecule has 0 radical (unpaired) electrons. The third kappa shape index (κ3) is 0.962. The van der Waals surface area contributed by atoms with Gasteiger partial charge in [0.15, 0.2) is 6.10 Å². The van der Waals surface area contributed by atoms with E-state index in [-0.39, 0.29) is 6.42 Å². The van der Waals surface area contributed by atoms with E-state index in [1.807, 2.05) is 0 Å². The Morgan fingerprint density at radius 2 is 1.95 bits per heavy atom. The highest BCUT2D eigenvalue weighted by molar-refractivity contribution is 5.91. The number of rotatable bonds is 1. The number of esters is 2. The van der Waals surface area contributed by atoms with Gasteiger partial charge in [-0.3, -0.25) is 4.79 Å². The Hall–Kier alpha value is -1.18. The summed E-state index contributed by atoms with van der Waals surface area (Å²) in [7, 11) is 0. The lowest BCUT2D eigenvalue weighted by Gasteiger charge is -2.53. The van der Waals surface area contributed by atoms with E-state index in [0.717, 1.165) is 0 Å². The quantitative estimate of drug-likeness (QED) is 0.479. The van der Waals surface area contributed by atoms with Crippen LogP contribution in [0.4, 0.5) is 0 Å². The first-order valence-electron chi connectivity index (χ1n) is 7.63. The van der Waals surface area contributed by atoms with Crippen molar-refractivity contribution in [3.8, 4) is 0 Å². The van der Waals surface area contributed by atoms with Crippen molar-refractivity contribution in [2.45, 2.75) is 62.3 Å².